The van der Waals surface area contributed by atoms with Crippen LogP contribution in [-0.2, 0) is 5.88 Å². The van der Waals surface area contributed by atoms with Crippen molar-refractivity contribution in [1.82, 2.24) is 4.98 Å². The fraction of sp³-hybridized carbons (Fsp3) is 0.583. The molecule has 82 valence electrons. The molecule has 2 heterocycles. The summed E-state index contributed by atoms with van der Waals surface area (Å²) in [6, 6.07) is 4.01. The maximum Gasteiger partial charge on any atom is 0.133 e. The first-order valence-electron chi connectivity index (χ1n) is 5.42. The summed E-state index contributed by atoms with van der Waals surface area (Å²) in [5.41, 5.74) is 1.35. The molecule has 0 saturated carbocycles. The molecule has 0 N–H and O–H groups in total. The Morgan fingerprint density at radius 3 is 2.93 bits per heavy atom. The minimum Gasteiger partial charge on any atom is -0.351 e. The molecule has 1 aromatic heterocycles. The van der Waals surface area contributed by atoms with Crippen molar-refractivity contribution in [2.45, 2.75) is 38.1 Å². The fourth-order valence-electron chi connectivity index (χ4n) is 2.28. The van der Waals surface area contributed by atoms with E-state index in [2.05, 4.69) is 29.8 Å². The molecule has 1 aliphatic heterocycles. The molecule has 0 bridgehead atoms. The van der Waals surface area contributed by atoms with E-state index in [0.717, 1.165) is 17.9 Å². The van der Waals surface area contributed by atoms with Crippen LogP contribution in [0.3, 0.4) is 0 Å². The van der Waals surface area contributed by atoms with E-state index in [0.29, 0.717) is 5.88 Å². The summed E-state index contributed by atoms with van der Waals surface area (Å²) in [6.45, 7) is 5.63. The van der Waals surface area contributed by atoms with Gasteiger partial charge in [-0.25, -0.2) is 4.98 Å². The minimum absolute atomic E-state index is 0.217. The maximum absolute atomic E-state index is 5.94. The standard InChI is InChI=1S/C12H17ClN2/c1-12(2)6-4-8-15(12)11-10(9-13)5-3-7-14-11/h3,5,7H,4,6,8-9H2,1-2H3. The summed E-state index contributed by atoms with van der Waals surface area (Å²) in [4.78, 5) is 6.85. The molecule has 2 rings (SSSR count). The Labute approximate surface area is 96.3 Å². The zero-order valence-corrected chi connectivity index (χ0v) is 10.1. The van der Waals surface area contributed by atoms with Gasteiger partial charge in [0, 0.05) is 23.8 Å². The van der Waals surface area contributed by atoms with Crippen LogP contribution in [0.2, 0.25) is 0 Å². The average Bonchev–Trinajstić information content (AvgIpc) is 2.58. The third-order valence-electron chi connectivity index (χ3n) is 3.17. The number of hydrogen-bond donors (Lipinski definition) is 0. The second-order valence-electron chi connectivity index (χ2n) is 4.69. The van der Waals surface area contributed by atoms with Gasteiger partial charge in [0.25, 0.3) is 0 Å². The molecule has 2 nitrogen and oxygen atoms in total. The van der Waals surface area contributed by atoms with Crippen molar-refractivity contribution in [1.29, 1.82) is 0 Å². The fourth-order valence-corrected chi connectivity index (χ4v) is 2.49. The summed E-state index contributed by atoms with van der Waals surface area (Å²) in [6.07, 6.45) is 4.32. The van der Waals surface area contributed by atoms with Crippen LogP contribution in [0, 0.1) is 0 Å². The molecule has 3 heteroatoms. The van der Waals surface area contributed by atoms with Crippen molar-refractivity contribution in [3.05, 3.63) is 23.9 Å². The van der Waals surface area contributed by atoms with E-state index in [1.54, 1.807) is 0 Å². The molecule has 0 radical (unpaired) electrons. The molecular formula is C12H17ClN2. The first-order valence-corrected chi connectivity index (χ1v) is 5.96. The van der Waals surface area contributed by atoms with Gasteiger partial charge < -0.3 is 4.90 Å². The van der Waals surface area contributed by atoms with E-state index in [9.17, 15) is 0 Å². The van der Waals surface area contributed by atoms with Crippen molar-refractivity contribution >= 4 is 17.4 Å². The van der Waals surface area contributed by atoms with E-state index in [-0.39, 0.29) is 5.54 Å². The van der Waals surface area contributed by atoms with E-state index < -0.39 is 0 Å². The van der Waals surface area contributed by atoms with Gasteiger partial charge in [0.15, 0.2) is 0 Å². The first kappa shape index (κ1) is 10.7. The Morgan fingerprint density at radius 2 is 2.33 bits per heavy atom. The predicted molar refractivity (Wildman–Crippen MR) is 64.5 cm³/mol. The van der Waals surface area contributed by atoms with Crippen LogP contribution >= 0.6 is 11.6 Å². The average molecular weight is 225 g/mol. The van der Waals surface area contributed by atoms with Gasteiger partial charge in [-0.3, -0.25) is 0 Å². The number of anilines is 1. The SMILES string of the molecule is CC1(C)CCCN1c1ncccc1CCl. The van der Waals surface area contributed by atoms with Crippen LogP contribution in [0.4, 0.5) is 5.82 Å². The zero-order valence-electron chi connectivity index (χ0n) is 9.33. The molecule has 0 atom stereocenters. The quantitative estimate of drug-likeness (QED) is 0.718. The monoisotopic (exact) mass is 224 g/mol. The van der Waals surface area contributed by atoms with Gasteiger partial charge in [0.2, 0.25) is 0 Å². The third kappa shape index (κ3) is 1.96. The number of aromatic nitrogens is 1. The summed E-state index contributed by atoms with van der Waals surface area (Å²) in [5.74, 6) is 1.60. The van der Waals surface area contributed by atoms with E-state index in [4.69, 9.17) is 11.6 Å². The minimum atomic E-state index is 0.217. The Balaban J connectivity index is 2.36. The molecule has 15 heavy (non-hydrogen) atoms. The van der Waals surface area contributed by atoms with Gasteiger partial charge in [-0.2, -0.15) is 0 Å². The number of rotatable bonds is 2. The van der Waals surface area contributed by atoms with Crippen molar-refractivity contribution in [3.8, 4) is 0 Å². The van der Waals surface area contributed by atoms with E-state index in [1.165, 1.54) is 12.8 Å². The Hall–Kier alpha value is -0.760. The van der Waals surface area contributed by atoms with Gasteiger partial charge in [-0.1, -0.05) is 6.07 Å². The predicted octanol–water partition coefficient (Wildman–Crippen LogP) is 3.20. The Morgan fingerprint density at radius 1 is 1.53 bits per heavy atom. The van der Waals surface area contributed by atoms with Gasteiger partial charge in [-0.05, 0) is 32.8 Å². The highest BCUT2D eigenvalue weighted by Gasteiger charge is 2.33. The van der Waals surface area contributed by atoms with Crippen LogP contribution in [0.25, 0.3) is 0 Å². The van der Waals surface area contributed by atoms with Crippen molar-refractivity contribution in [2.24, 2.45) is 0 Å². The second-order valence-corrected chi connectivity index (χ2v) is 4.95. The lowest BCUT2D eigenvalue weighted by Crippen LogP contribution is -2.39. The highest BCUT2D eigenvalue weighted by Crippen LogP contribution is 2.34. The number of halogens is 1. The molecule has 0 aromatic carbocycles. The lowest BCUT2D eigenvalue weighted by atomic mass is 10.0. The molecule has 1 aromatic rings. The van der Waals surface area contributed by atoms with E-state index in [1.807, 2.05) is 12.3 Å². The summed E-state index contributed by atoms with van der Waals surface area (Å²) < 4.78 is 0. The van der Waals surface area contributed by atoms with Crippen molar-refractivity contribution < 1.29 is 0 Å². The van der Waals surface area contributed by atoms with Gasteiger partial charge in [0.05, 0.1) is 5.88 Å². The highest BCUT2D eigenvalue weighted by atomic mass is 35.5. The topological polar surface area (TPSA) is 16.1 Å². The van der Waals surface area contributed by atoms with Crippen LogP contribution in [-0.4, -0.2) is 17.1 Å². The summed E-state index contributed by atoms with van der Waals surface area (Å²) >= 11 is 5.94. The molecule has 1 fully saturated rings. The van der Waals surface area contributed by atoms with E-state index >= 15 is 0 Å². The molecule has 0 unspecified atom stereocenters. The molecule has 1 saturated heterocycles. The Bertz CT molecular complexity index is 349. The molecule has 0 amide bonds. The molecule has 1 aliphatic rings. The van der Waals surface area contributed by atoms with Crippen LogP contribution in [0.1, 0.15) is 32.3 Å². The third-order valence-corrected chi connectivity index (χ3v) is 3.46. The number of alkyl halides is 1. The largest absolute Gasteiger partial charge is 0.351 e. The second kappa shape index (κ2) is 4.01. The zero-order chi connectivity index (χ0) is 10.9. The number of nitrogens with zero attached hydrogens (tertiary/aromatic N) is 2. The lowest BCUT2D eigenvalue weighted by Gasteiger charge is -2.33. The van der Waals surface area contributed by atoms with Crippen molar-refractivity contribution in [3.63, 3.8) is 0 Å². The van der Waals surface area contributed by atoms with Gasteiger partial charge in [-0.15, -0.1) is 11.6 Å². The molecule has 0 aliphatic carbocycles. The molecular weight excluding hydrogens is 208 g/mol. The first-order chi connectivity index (χ1) is 7.15. The van der Waals surface area contributed by atoms with Crippen LogP contribution in [0.5, 0.6) is 0 Å². The normalized spacial score (nSPS) is 19.5. The number of pyridine rings is 1. The smallest absolute Gasteiger partial charge is 0.133 e. The maximum atomic E-state index is 5.94. The summed E-state index contributed by atoms with van der Waals surface area (Å²) in [7, 11) is 0. The summed E-state index contributed by atoms with van der Waals surface area (Å²) in [5, 5.41) is 0. The number of hydrogen-bond acceptors (Lipinski definition) is 2. The van der Waals surface area contributed by atoms with Crippen molar-refractivity contribution in [2.75, 3.05) is 11.4 Å². The lowest BCUT2D eigenvalue weighted by molar-refractivity contribution is 0.513. The van der Waals surface area contributed by atoms with Crippen LogP contribution < -0.4 is 4.90 Å². The Kier molecular flexibility index (Phi) is 2.87. The molecule has 0 spiro atoms. The van der Waals surface area contributed by atoms with Gasteiger partial charge >= 0.3 is 0 Å². The van der Waals surface area contributed by atoms with Gasteiger partial charge in [0.1, 0.15) is 5.82 Å². The highest BCUT2D eigenvalue weighted by molar-refractivity contribution is 6.17. The van der Waals surface area contributed by atoms with Crippen LogP contribution in [0.15, 0.2) is 18.3 Å².